The summed E-state index contributed by atoms with van der Waals surface area (Å²) < 4.78 is 5.46. The van der Waals surface area contributed by atoms with E-state index in [0.717, 1.165) is 17.7 Å². The third-order valence-electron chi connectivity index (χ3n) is 4.57. The standard InChI is InChI=1S/C20H22Cl2N2O2.ClH/c1-24(19(25)12-18-13-26-11-10-23-18)20(14-2-6-16(21)7-3-14)15-4-8-17(22)9-5-15;/h2-9,18,20,23H,10-13H2,1H3;1H. The van der Waals surface area contributed by atoms with Crippen LogP contribution in [0.4, 0.5) is 0 Å². The van der Waals surface area contributed by atoms with Crippen molar-refractivity contribution in [1.29, 1.82) is 0 Å². The summed E-state index contributed by atoms with van der Waals surface area (Å²) in [5.41, 5.74) is 2.00. The second-order valence-corrected chi connectivity index (χ2v) is 7.31. The van der Waals surface area contributed by atoms with Gasteiger partial charge in [0.25, 0.3) is 0 Å². The van der Waals surface area contributed by atoms with Gasteiger partial charge in [-0.2, -0.15) is 0 Å². The molecule has 4 nitrogen and oxygen atoms in total. The molecule has 0 spiro atoms. The van der Waals surface area contributed by atoms with Crippen LogP contribution in [0.5, 0.6) is 0 Å². The number of carbonyl (C=O) groups excluding carboxylic acids is 1. The Balaban J connectivity index is 0.00000261. The Morgan fingerprint density at radius 2 is 1.63 bits per heavy atom. The molecule has 2 aromatic carbocycles. The summed E-state index contributed by atoms with van der Waals surface area (Å²) in [6.07, 6.45) is 0.397. The van der Waals surface area contributed by atoms with Crippen LogP contribution in [-0.4, -0.2) is 43.7 Å². The summed E-state index contributed by atoms with van der Waals surface area (Å²) in [6.45, 7) is 2.03. The van der Waals surface area contributed by atoms with Crippen LogP contribution in [0.1, 0.15) is 23.6 Å². The Hall–Kier alpha value is -1.30. The van der Waals surface area contributed by atoms with Gasteiger partial charge in [0.1, 0.15) is 0 Å². The zero-order chi connectivity index (χ0) is 18.5. The number of amides is 1. The van der Waals surface area contributed by atoms with Gasteiger partial charge in [0, 0.05) is 36.1 Å². The van der Waals surface area contributed by atoms with E-state index in [4.69, 9.17) is 27.9 Å². The van der Waals surface area contributed by atoms with Crippen LogP contribution in [-0.2, 0) is 9.53 Å². The van der Waals surface area contributed by atoms with E-state index >= 15 is 0 Å². The predicted octanol–water partition coefficient (Wildman–Crippen LogP) is 4.34. The molecule has 27 heavy (non-hydrogen) atoms. The van der Waals surface area contributed by atoms with Crippen molar-refractivity contribution in [1.82, 2.24) is 10.2 Å². The quantitative estimate of drug-likeness (QED) is 0.768. The topological polar surface area (TPSA) is 41.6 Å². The molecular formula is C20H23Cl3N2O2. The molecule has 3 rings (SSSR count). The van der Waals surface area contributed by atoms with Crippen LogP contribution in [0, 0.1) is 0 Å². The summed E-state index contributed by atoms with van der Waals surface area (Å²) in [5.74, 6) is 0.0582. The molecule has 0 aliphatic carbocycles. The maximum Gasteiger partial charge on any atom is 0.224 e. The van der Waals surface area contributed by atoms with E-state index in [-0.39, 0.29) is 30.4 Å². The highest BCUT2D eigenvalue weighted by molar-refractivity contribution is 6.30. The molecule has 1 amide bonds. The molecule has 1 unspecified atom stereocenters. The second kappa shape index (κ2) is 10.3. The van der Waals surface area contributed by atoms with Crippen molar-refractivity contribution in [2.24, 2.45) is 0 Å². The van der Waals surface area contributed by atoms with Gasteiger partial charge in [-0.1, -0.05) is 47.5 Å². The highest BCUT2D eigenvalue weighted by atomic mass is 35.5. The van der Waals surface area contributed by atoms with E-state index < -0.39 is 0 Å². The van der Waals surface area contributed by atoms with Crippen LogP contribution >= 0.6 is 35.6 Å². The minimum atomic E-state index is -0.207. The summed E-state index contributed by atoms with van der Waals surface area (Å²) in [4.78, 5) is 14.7. The molecule has 1 aliphatic heterocycles. The summed E-state index contributed by atoms with van der Waals surface area (Å²) in [7, 11) is 1.83. The van der Waals surface area contributed by atoms with Crippen molar-refractivity contribution in [3.63, 3.8) is 0 Å². The second-order valence-electron chi connectivity index (χ2n) is 6.44. The number of benzene rings is 2. The Kier molecular flexibility index (Phi) is 8.39. The number of rotatable bonds is 5. The molecule has 146 valence electrons. The zero-order valence-electron chi connectivity index (χ0n) is 15.0. The number of halogens is 3. The molecule has 0 bridgehead atoms. The number of hydrogen-bond acceptors (Lipinski definition) is 3. The van der Waals surface area contributed by atoms with Crippen LogP contribution in [0.15, 0.2) is 48.5 Å². The van der Waals surface area contributed by atoms with Gasteiger partial charge in [0.15, 0.2) is 0 Å². The van der Waals surface area contributed by atoms with Crippen molar-refractivity contribution in [2.75, 3.05) is 26.8 Å². The van der Waals surface area contributed by atoms with Gasteiger partial charge in [-0.05, 0) is 35.4 Å². The number of carbonyl (C=O) groups is 1. The van der Waals surface area contributed by atoms with Crippen molar-refractivity contribution < 1.29 is 9.53 Å². The first-order valence-corrected chi connectivity index (χ1v) is 9.38. The third kappa shape index (κ3) is 5.84. The van der Waals surface area contributed by atoms with Gasteiger partial charge in [-0.3, -0.25) is 4.79 Å². The van der Waals surface area contributed by atoms with Crippen molar-refractivity contribution >= 4 is 41.5 Å². The maximum absolute atomic E-state index is 12.9. The van der Waals surface area contributed by atoms with Crippen molar-refractivity contribution in [3.05, 3.63) is 69.7 Å². The molecular weight excluding hydrogens is 407 g/mol. The van der Waals surface area contributed by atoms with Gasteiger partial charge in [0.05, 0.1) is 19.3 Å². The molecule has 7 heteroatoms. The molecule has 0 saturated carbocycles. The van der Waals surface area contributed by atoms with Gasteiger partial charge >= 0.3 is 0 Å². The first-order chi connectivity index (χ1) is 12.5. The van der Waals surface area contributed by atoms with E-state index in [0.29, 0.717) is 29.7 Å². The number of ether oxygens (including phenoxy) is 1. The van der Waals surface area contributed by atoms with E-state index in [2.05, 4.69) is 5.32 Å². The fourth-order valence-electron chi connectivity index (χ4n) is 3.18. The van der Waals surface area contributed by atoms with Gasteiger partial charge < -0.3 is 15.0 Å². The fraction of sp³-hybridized carbons (Fsp3) is 0.350. The highest BCUT2D eigenvalue weighted by Crippen LogP contribution is 2.30. The minimum absolute atomic E-state index is 0. The minimum Gasteiger partial charge on any atom is -0.378 e. The molecule has 1 atom stereocenters. The Morgan fingerprint density at radius 1 is 1.11 bits per heavy atom. The first kappa shape index (κ1) is 22.0. The molecule has 2 aromatic rings. The van der Waals surface area contributed by atoms with E-state index in [1.165, 1.54) is 0 Å². The summed E-state index contributed by atoms with van der Waals surface area (Å²) in [6, 6.07) is 15.0. The lowest BCUT2D eigenvalue weighted by molar-refractivity contribution is -0.132. The average molecular weight is 430 g/mol. The van der Waals surface area contributed by atoms with Crippen LogP contribution in [0.2, 0.25) is 10.0 Å². The number of nitrogens with one attached hydrogen (secondary N) is 1. The SMILES string of the molecule is CN(C(=O)CC1COCCN1)C(c1ccc(Cl)cc1)c1ccc(Cl)cc1.Cl. The molecule has 1 N–H and O–H groups in total. The maximum atomic E-state index is 12.9. The lowest BCUT2D eigenvalue weighted by Gasteiger charge is -2.31. The van der Waals surface area contributed by atoms with Crippen molar-refractivity contribution in [3.8, 4) is 0 Å². The van der Waals surface area contributed by atoms with Crippen molar-refractivity contribution in [2.45, 2.75) is 18.5 Å². The fourth-order valence-corrected chi connectivity index (χ4v) is 3.43. The normalized spacial score (nSPS) is 16.7. The Labute approximate surface area is 176 Å². The monoisotopic (exact) mass is 428 g/mol. The summed E-state index contributed by atoms with van der Waals surface area (Å²) in [5, 5.41) is 4.67. The van der Waals surface area contributed by atoms with Gasteiger partial charge in [-0.25, -0.2) is 0 Å². The van der Waals surface area contributed by atoms with Crippen LogP contribution in [0.3, 0.4) is 0 Å². The number of nitrogens with zero attached hydrogens (tertiary/aromatic N) is 1. The van der Waals surface area contributed by atoms with Gasteiger partial charge in [0.2, 0.25) is 5.91 Å². The van der Waals surface area contributed by atoms with Crippen LogP contribution in [0.25, 0.3) is 0 Å². The molecule has 0 radical (unpaired) electrons. The smallest absolute Gasteiger partial charge is 0.224 e. The largest absolute Gasteiger partial charge is 0.378 e. The number of hydrogen-bond donors (Lipinski definition) is 1. The summed E-state index contributed by atoms with van der Waals surface area (Å²) >= 11 is 12.1. The van der Waals surface area contributed by atoms with Gasteiger partial charge in [-0.15, -0.1) is 12.4 Å². The lowest BCUT2D eigenvalue weighted by Crippen LogP contribution is -2.45. The lowest BCUT2D eigenvalue weighted by atomic mass is 9.97. The zero-order valence-corrected chi connectivity index (χ0v) is 17.4. The molecule has 1 aliphatic rings. The number of morpholine rings is 1. The Bertz CT molecular complexity index is 686. The molecule has 1 heterocycles. The van der Waals surface area contributed by atoms with E-state index in [1.54, 1.807) is 4.90 Å². The average Bonchev–Trinajstić information content (AvgIpc) is 2.65. The molecule has 1 saturated heterocycles. The predicted molar refractivity (Wildman–Crippen MR) is 112 cm³/mol. The molecule has 0 aromatic heterocycles. The Morgan fingerprint density at radius 3 is 2.07 bits per heavy atom. The van der Waals surface area contributed by atoms with Crippen LogP contribution < -0.4 is 5.32 Å². The molecule has 1 fully saturated rings. The highest BCUT2D eigenvalue weighted by Gasteiger charge is 2.26. The third-order valence-corrected chi connectivity index (χ3v) is 5.08. The first-order valence-electron chi connectivity index (χ1n) is 8.62. The van der Waals surface area contributed by atoms with E-state index in [1.807, 2.05) is 55.6 Å². The van der Waals surface area contributed by atoms with E-state index in [9.17, 15) is 4.79 Å².